The average molecular weight is 463 g/mol. The van der Waals surface area contributed by atoms with Gasteiger partial charge >= 0.3 is 11.9 Å². The normalized spacial score (nSPS) is 45.1. The molecule has 178 valence electrons. The molecule has 0 amide bonds. The van der Waals surface area contributed by atoms with Crippen LogP contribution in [0.4, 0.5) is 0 Å². The summed E-state index contributed by atoms with van der Waals surface area (Å²) in [5, 5.41) is 0. The zero-order valence-electron chi connectivity index (χ0n) is 20.4. The van der Waals surface area contributed by atoms with Crippen molar-refractivity contribution in [2.75, 3.05) is 14.2 Å². The highest BCUT2D eigenvalue weighted by molar-refractivity contribution is 6.69. The van der Waals surface area contributed by atoms with Crippen LogP contribution in [0, 0.1) is 34.0 Å². The van der Waals surface area contributed by atoms with Crippen molar-refractivity contribution in [3.05, 3.63) is 12.2 Å². The van der Waals surface area contributed by atoms with Gasteiger partial charge in [0, 0.05) is 11.3 Å². The quantitative estimate of drug-likeness (QED) is 0.262. The number of fused-ring (bicyclic) bond motifs is 3. The molecular formula is C25H38O6Si. The smallest absolute Gasteiger partial charge is 0.311 e. The molecule has 0 heterocycles. The van der Waals surface area contributed by atoms with E-state index in [0.29, 0.717) is 25.7 Å². The van der Waals surface area contributed by atoms with Crippen LogP contribution in [0.25, 0.3) is 0 Å². The average Bonchev–Trinajstić information content (AvgIpc) is 3.10. The number of methoxy groups -OCH3 is 2. The first-order chi connectivity index (χ1) is 14.9. The molecule has 0 aliphatic heterocycles. The molecule has 6 nitrogen and oxygen atoms in total. The summed E-state index contributed by atoms with van der Waals surface area (Å²) in [7, 11) is 0.904. The zero-order valence-corrected chi connectivity index (χ0v) is 21.4. The van der Waals surface area contributed by atoms with E-state index in [2.05, 4.69) is 26.2 Å². The molecule has 4 rings (SSSR count). The number of carbonyl (C=O) groups is 3. The van der Waals surface area contributed by atoms with Crippen LogP contribution in [0.5, 0.6) is 0 Å². The monoisotopic (exact) mass is 462 g/mol. The van der Waals surface area contributed by atoms with Crippen LogP contribution in [-0.2, 0) is 28.3 Å². The van der Waals surface area contributed by atoms with E-state index >= 15 is 0 Å². The Hall–Kier alpha value is -1.47. The lowest BCUT2D eigenvalue weighted by atomic mass is 9.53. The zero-order chi connectivity index (χ0) is 23.7. The molecule has 4 fully saturated rings. The van der Waals surface area contributed by atoms with Gasteiger partial charge in [0.25, 0.3) is 0 Å². The Morgan fingerprint density at radius 2 is 1.81 bits per heavy atom. The van der Waals surface area contributed by atoms with Crippen molar-refractivity contribution < 1.29 is 28.3 Å². The van der Waals surface area contributed by atoms with Crippen molar-refractivity contribution >= 4 is 26.5 Å². The predicted octanol–water partition coefficient (Wildman–Crippen LogP) is 4.29. The summed E-state index contributed by atoms with van der Waals surface area (Å²) in [5.74, 6) is -1.66. The van der Waals surface area contributed by atoms with Crippen LogP contribution in [0.1, 0.15) is 51.9 Å². The number of ether oxygens (including phenoxy) is 2. The Morgan fingerprint density at radius 3 is 2.38 bits per heavy atom. The van der Waals surface area contributed by atoms with Crippen LogP contribution in [-0.4, -0.2) is 46.4 Å². The number of hydrogen-bond acceptors (Lipinski definition) is 6. The molecule has 32 heavy (non-hydrogen) atoms. The molecule has 0 aromatic carbocycles. The fourth-order valence-electron chi connectivity index (χ4n) is 8.68. The van der Waals surface area contributed by atoms with Gasteiger partial charge in [0.1, 0.15) is 6.29 Å². The van der Waals surface area contributed by atoms with E-state index in [1.54, 1.807) is 0 Å². The number of esters is 2. The van der Waals surface area contributed by atoms with E-state index in [1.807, 2.05) is 6.92 Å². The highest BCUT2D eigenvalue weighted by Gasteiger charge is 2.79. The summed E-state index contributed by atoms with van der Waals surface area (Å²) >= 11 is 0. The Kier molecular flexibility index (Phi) is 5.37. The summed E-state index contributed by atoms with van der Waals surface area (Å²) in [6.07, 6.45) is 6.08. The first-order valence-electron chi connectivity index (χ1n) is 11.9. The molecule has 7 heteroatoms. The molecule has 7 atom stereocenters. The highest BCUT2D eigenvalue weighted by atomic mass is 28.4. The van der Waals surface area contributed by atoms with Gasteiger partial charge in [0.2, 0.25) is 0 Å². The van der Waals surface area contributed by atoms with Crippen LogP contribution in [0.2, 0.25) is 19.6 Å². The third-order valence-corrected chi connectivity index (χ3v) is 10.3. The maximum absolute atomic E-state index is 13.5. The molecule has 3 unspecified atom stereocenters. The Morgan fingerprint density at radius 1 is 1.12 bits per heavy atom. The van der Waals surface area contributed by atoms with E-state index in [0.717, 1.165) is 31.1 Å². The molecular weight excluding hydrogens is 424 g/mol. The second-order valence-electron chi connectivity index (χ2n) is 12.0. The second-order valence-corrected chi connectivity index (χ2v) is 16.4. The van der Waals surface area contributed by atoms with E-state index in [-0.39, 0.29) is 17.9 Å². The van der Waals surface area contributed by atoms with Crippen LogP contribution in [0.15, 0.2) is 12.2 Å². The molecule has 1 spiro atoms. The standard InChI is InChI=1S/C25H38O6Si/c1-16-13-24-14-25(16,31-32(5,6)7)12-9-17(24)23(15-26)11-8-10-22(2,21(28)30-4)19(23)18(24)20(27)29-3/h15,17-19H,1,8-14H2,2-7H3/t17?,18-,19?,22?,23-,24+,25+/m0/s1. The molecule has 0 saturated heterocycles. The minimum absolute atomic E-state index is 0.00323. The van der Waals surface area contributed by atoms with Crippen molar-refractivity contribution in [2.24, 2.45) is 34.0 Å². The molecule has 0 aromatic rings. The largest absolute Gasteiger partial charge is 0.469 e. The van der Waals surface area contributed by atoms with Gasteiger partial charge in [-0.3, -0.25) is 9.59 Å². The number of rotatable bonds is 5. The summed E-state index contributed by atoms with van der Waals surface area (Å²) in [6, 6.07) is 0. The first kappa shape index (κ1) is 23.7. The van der Waals surface area contributed by atoms with Gasteiger partial charge in [-0.1, -0.05) is 13.0 Å². The third-order valence-electron chi connectivity index (χ3n) is 9.33. The van der Waals surface area contributed by atoms with Gasteiger partial charge in [0.05, 0.1) is 31.2 Å². The first-order valence-corrected chi connectivity index (χ1v) is 15.3. The predicted molar refractivity (Wildman–Crippen MR) is 122 cm³/mol. The summed E-state index contributed by atoms with van der Waals surface area (Å²) in [4.78, 5) is 39.6. The van der Waals surface area contributed by atoms with Gasteiger partial charge in [-0.25, -0.2) is 0 Å². The lowest BCUT2D eigenvalue weighted by Gasteiger charge is -2.50. The van der Waals surface area contributed by atoms with Gasteiger partial charge in [-0.2, -0.15) is 0 Å². The Balaban J connectivity index is 1.93. The van der Waals surface area contributed by atoms with Crippen molar-refractivity contribution in [3.8, 4) is 0 Å². The van der Waals surface area contributed by atoms with Crippen LogP contribution < -0.4 is 0 Å². The third kappa shape index (κ3) is 2.89. The van der Waals surface area contributed by atoms with Crippen molar-refractivity contribution in [2.45, 2.75) is 77.1 Å². The van der Waals surface area contributed by atoms with Crippen LogP contribution >= 0.6 is 0 Å². The fraction of sp³-hybridized carbons (Fsp3) is 0.800. The van der Waals surface area contributed by atoms with Crippen molar-refractivity contribution in [3.63, 3.8) is 0 Å². The SMILES string of the molecule is C=C1C[C@@]23C[C@]1(O[Si](C)(C)C)CCC2[C@@]1(C=O)CCCC(C)(C(=O)OC)C1[C@H]3C(=O)OC. The topological polar surface area (TPSA) is 78.9 Å². The van der Waals surface area contributed by atoms with Crippen LogP contribution in [0.3, 0.4) is 0 Å². The number of carbonyl (C=O) groups excluding carboxylic acids is 3. The second kappa shape index (κ2) is 7.26. The van der Waals surface area contributed by atoms with Crippen molar-refractivity contribution in [1.29, 1.82) is 0 Å². The van der Waals surface area contributed by atoms with E-state index in [9.17, 15) is 14.4 Å². The molecule has 4 aliphatic carbocycles. The highest BCUT2D eigenvalue weighted by Crippen LogP contribution is 2.78. The molecule has 0 radical (unpaired) electrons. The molecule has 0 aromatic heterocycles. The van der Waals surface area contributed by atoms with Gasteiger partial charge in [-0.05, 0) is 82.0 Å². The maximum Gasteiger partial charge on any atom is 0.311 e. The van der Waals surface area contributed by atoms with Gasteiger partial charge in [0.15, 0.2) is 8.32 Å². The maximum atomic E-state index is 13.5. The molecule has 2 bridgehead atoms. The van der Waals surface area contributed by atoms with E-state index in [4.69, 9.17) is 13.9 Å². The Bertz CT molecular complexity index is 863. The van der Waals surface area contributed by atoms with Gasteiger partial charge < -0.3 is 18.7 Å². The summed E-state index contributed by atoms with van der Waals surface area (Å²) in [5.41, 5.74) is -1.54. The lowest BCUT2D eigenvalue weighted by Crippen LogP contribution is -2.53. The summed E-state index contributed by atoms with van der Waals surface area (Å²) in [6.45, 7) is 12.9. The fourth-order valence-corrected chi connectivity index (χ4v) is 10.2. The van der Waals surface area contributed by atoms with E-state index < -0.39 is 42.0 Å². The number of hydrogen-bond donors (Lipinski definition) is 0. The minimum Gasteiger partial charge on any atom is -0.469 e. The molecule has 4 aliphatic rings. The van der Waals surface area contributed by atoms with E-state index in [1.165, 1.54) is 14.2 Å². The lowest BCUT2D eigenvalue weighted by molar-refractivity contribution is -0.171. The summed E-state index contributed by atoms with van der Waals surface area (Å²) < 4.78 is 17.4. The molecule has 4 saturated carbocycles. The minimum atomic E-state index is -1.90. The Labute approximate surface area is 192 Å². The van der Waals surface area contributed by atoms with Crippen molar-refractivity contribution in [1.82, 2.24) is 0 Å². The molecule has 0 N–H and O–H groups in total. The van der Waals surface area contributed by atoms with Gasteiger partial charge in [-0.15, -0.1) is 0 Å². The number of aldehydes is 1.